The van der Waals surface area contributed by atoms with E-state index in [9.17, 15) is 13.2 Å². The Hall–Kier alpha value is -2.28. The predicted molar refractivity (Wildman–Crippen MR) is 88.3 cm³/mol. The first-order valence-electron chi connectivity index (χ1n) is 7.12. The van der Waals surface area contributed by atoms with Crippen molar-refractivity contribution in [1.29, 1.82) is 0 Å². The van der Waals surface area contributed by atoms with Gasteiger partial charge >= 0.3 is 6.03 Å². The largest absolute Gasteiger partial charge is 0.466 e. The average molecular weight is 336 g/mol. The molecule has 1 aromatic carbocycles. The summed E-state index contributed by atoms with van der Waals surface area (Å²) in [5.74, 6) is 1.51. The van der Waals surface area contributed by atoms with Crippen LogP contribution in [0.1, 0.15) is 30.0 Å². The minimum Gasteiger partial charge on any atom is -0.466 e. The first kappa shape index (κ1) is 17.1. The summed E-state index contributed by atoms with van der Waals surface area (Å²) in [6.07, 6.45) is 1.10. The second-order valence-electron chi connectivity index (χ2n) is 5.46. The number of urea groups is 1. The van der Waals surface area contributed by atoms with Gasteiger partial charge in [0.1, 0.15) is 11.5 Å². The SMILES string of the molecule is Cc1cc(C(C)NC(=O)Nc2ccccc2S(C)(=O)=O)c(C)o1. The van der Waals surface area contributed by atoms with E-state index >= 15 is 0 Å². The number of rotatable bonds is 4. The first-order chi connectivity index (χ1) is 10.7. The number of hydrogen-bond acceptors (Lipinski definition) is 4. The van der Waals surface area contributed by atoms with Crippen molar-refractivity contribution in [2.24, 2.45) is 0 Å². The van der Waals surface area contributed by atoms with Crippen molar-refractivity contribution in [2.45, 2.75) is 31.7 Å². The summed E-state index contributed by atoms with van der Waals surface area (Å²) < 4.78 is 28.9. The molecule has 6 nitrogen and oxygen atoms in total. The van der Waals surface area contributed by atoms with E-state index in [0.29, 0.717) is 0 Å². The van der Waals surface area contributed by atoms with Crippen LogP contribution >= 0.6 is 0 Å². The zero-order valence-electron chi connectivity index (χ0n) is 13.5. The van der Waals surface area contributed by atoms with Gasteiger partial charge in [-0.15, -0.1) is 0 Å². The molecular formula is C16H20N2O4S. The van der Waals surface area contributed by atoms with Crippen LogP contribution in [0.3, 0.4) is 0 Å². The minimum absolute atomic E-state index is 0.0816. The number of para-hydroxylation sites is 1. The summed E-state index contributed by atoms with van der Waals surface area (Å²) in [6.45, 7) is 5.50. The third-order valence-corrected chi connectivity index (χ3v) is 4.58. The van der Waals surface area contributed by atoms with Gasteiger partial charge in [0.05, 0.1) is 16.6 Å². The molecular weight excluding hydrogens is 316 g/mol. The molecule has 0 spiro atoms. The number of hydrogen-bond donors (Lipinski definition) is 2. The van der Waals surface area contributed by atoms with Crippen LogP contribution in [0.5, 0.6) is 0 Å². The highest BCUT2D eigenvalue weighted by Crippen LogP contribution is 2.23. The van der Waals surface area contributed by atoms with Crippen LogP contribution in [0.4, 0.5) is 10.5 Å². The Balaban J connectivity index is 2.13. The van der Waals surface area contributed by atoms with Crippen molar-refractivity contribution in [2.75, 3.05) is 11.6 Å². The normalized spacial score (nSPS) is 12.7. The quantitative estimate of drug-likeness (QED) is 0.897. The predicted octanol–water partition coefficient (Wildman–Crippen LogP) is 3.18. The van der Waals surface area contributed by atoms with Gasteiger partial charge in [0.15, 0.2) is 9.84 Å². The van der Waals surface area contributed by atoms with E-state index in [1.807, 2.05) is 26.8 Å². The molecule has 0 aliphatic heterocycles. The number of sulfone groups is 1. The Bertz CT molecular complexity index is 824. The van der Waals surface area contributed by atoms with Crippen molar-refractivity contribution in [3.8, 4) is 0 Å². The molecule has 2 aromatic rings. The Kier molecular flexibility index (Phi) is 4.79. The third kappa shape index (κ3) is 4.13. The molecule has 124 valence electrons. The van der Waals surface area contributed by atoms with E-state index in [1.165, 1.54) is 6.07 Å². The minimum atomic E-state index is -3.42. The maximum absolute atomic E-state index is 12.1. The maximum Gasteiger partial charge on any atom is 0.319 e. The summed E-state index contributed by atoms with van der Waals surface area (Å²) in [7, 11) is -3.42. The number of benzene rings is 1. The molecule has 0 bridgehead atoms. The fourth-order valence-electron chi connectivity index (χ4n) is 2.41. The van der Waals surface area contributed by atoms with E-state index in [1.54, 1.807) is 18.2 Å². The fourth-order valence-corrected chi connectivity index (χ4v) is 3.25. The smallest absolute Gasteiger partial charge is 0.319 e. The van der Waals surface area contributed by atoms with E-state index in [4.69, 9.17) is 4.42 Å². The van der Waals surface area contributed by atoms with Crippen molar-refractivity contribution in [1.82, 2.24) is 5.32 Å². The van der Waals surface area contributed by atoms with Gasteiger partial charge in [0.2, 0.25) is 0 Å². The van der Waals surface area contributed by atoms with Gasteiger partial charge < -0.3 is 15.1 Å². The van der Waals surface area contributed by atoms with E-state index in [0.717, 1.165) is 23.3 Å². The standard InChI is InChI=1S/C16H20N2O4S/c1-10-9-13(12(3)22-10)11(2)17-16(19)18-14-7-5-6-8-15(14)23(4,20)21/h5-9,11H,1-4H3,(H2,17,18,19). The van der Waals surface area contributed by atoms with Crippen LogP contribution in [-0.2, 0) is 9.84 Å². The van der Waals surface area contributed by atoms with Crippen molar-refractivity contribution >= 4 is 21.6 Å². The molecule has 0 aliphatic rings. The Labute approximate surface area is 135 Å². The lowest BCUT2D eigenvalue weighted by Gasteiger charge is -2.15. The molecule has 0 radical (unpaired) electrons. The topological polar surface area (TPSA) is 88.4 Å². The number of nitrogens with one attached hydrogen (secondary N) is 2. The van der Waals surface area contributed by atoms with Gasteiger partial charge in [-0.3, -0.25) is 0 Å². The molecule has 23 heavy (non-hydrogen) atoms. The molecule has 7 heteroatoms. The summed E-state index contributed by atoms with van der Waals surface area (Å²) in [5.41, 5.74) is 1.13. The monoisotopic (exact) mass is 336 g/mol. The molecule has 0 saturated carbocycles. The molecule has 1 atom stereocenters. The summed E-state index contributed by atoms with van der Waals surface area (Å²) >= 11 is 0. The maximum atomic E-state index is 12.1. The first-order valence-corrected chi connectivity index (χ1v) is 9.01. The fraction of sp³-hybridized carbons (Fsp3) is 0.312. The lowest BCUT2D eigenvalue weighted by molar-refractivity contribution is 0.249. The van der Waals surface area contributed by atoms with Crippen LogP contribution in [0.2, 0.25) is 0 Å². The number of amides is 2. The Morgan fingerprint density at radius 2 is 1.87 bits per heavy atom. The van der Waals surface area contributed by atoms with Crippen LogP contribution in [0.15, 0.2) is 39.6 Å². The Morgan fingerprint density at radius 3 is 2.43 bits per heavy atom. The van der Waals surface area contributed by atoms with Crippen molar-refractivity contribution < 1.29 is 17.6 Å². The number of furan rings is 1. The summed E-state index contributed by atoms with van der Waals surface area (Å²) in [4.78, 5) is 12.2. The van der Waals surface area contributed by atoms with Gasteiger partial charge in [0, 0.05) is 11.8 Å². The number of carbonyl (C=O) groups excluding carboxylic acids is 1. The third-order valence-electron chi connectivity index (χ3n) is 3.43. The second kappa shape index (κ2) is 6.45. The number of aryl methyl sites for hydroxylation is 2. The molecule has 1 aromatic heterocycles. The molecule has 0 saturated heterocycles. The van der Waals surface area contributed by atoms with Gasteiger partial charge in [-0.1, -0.05) is 12.1 Å². The highest BCUT2D eigenvalue weighted by molar-refractivity contribution is 7.90. The molecule has 1 heterocycles. The lowest BCUT2D eigenvalue weighted by Crippen LogP contribution is -2.31. The van der Waals surface area contributed by atoms with Crippen LogP contribution in [0, 0.1) is 13.8 Å². The summed E-state index contributed by atoms with van der Waals surface area (Å²) in [5, 5.41) is 5.36. The van der Waals surface area contributed by atoms with Crippen molar-refractivity contribution in [3.63, 3.8) is 0 Å². The zero-order valence-corrected chi connectivity index (χ0v) is 14.3. The van der Waals surface area contributed by atoms with Crippen LogP contribution in [0.25, 0.3) is 0 Å². The van der Waals surface area contributed by atoms with Gasteiger partial charge in [0.25, 0.3) is 0 Å². The van der Waals surface area contributed by atoms with Gasteiger partial charge in [-0.25, -0.2) is 13.2 Å². The van der Waals surface area contributed by atoms with E-state index < -0.39 is 15.9 Å². The molecule has 0 aliphatic carbocycles. The van der Waals surface area contributed by atoms with Crippen LogP contribution < -0.4 is 10.6 Å². The molecule has 2 N–H and O–H groups in total. The second-order valence-corrected chi connectivity index (χ2v) is 7.44. The van der Waals surface area contributed by atoms with Gasteiger partial charge in [-0.05, 0) is 39.0 Å². The molecule has 2 amide bonds. The lowest BCUT2D eigenvalue weighted by atomic mass is 10.1. The summed E-state index contributed by atoms with van der Waals surface area (Å²) in [6, 6.07) is 7.40. The average Bonchev–Trinajstić information content (AvgIpc) is 2.77. The Morgan fingerprint density at radius 1 is 1.22 bits per heavy atom. The van der Waals surface area contributed by atoms with Crippen LogP contribution in [-0.4, -0.2) is 20.7 Å². The van der Waals surface area contributed by atoms with E-state index in [2.05, 4.69) is 10.6 Å². The van der Waals surface area contributed by atoms with E-state index in [-0.39, 0.29) is 16.6 Å². The molecule has 2 rings (SSSR count). The van der Waals surface area contributed by atoms with Gasteiger partial charge in [-0.2, -0.15) is 0 Å². The zero-order chi connectivity index (χ0) is 17.2. The molecule has 0 fully saturated rings. The highest BCUT2D eigenvalue weighted by Gasteiger charge is 2.17. The number of carbonyl (C=O) groups is 1. The van der Waals surface area contributed by atoms with Crippen molar-refractivity contribution in [3.05, 3.63) is 47.4 Å². The number of anilines is 1. The highest BCUT2D eigenvalue weighted by atomic mass is 32.2. The molecule has 1 unspecified atom stereocenters.